The third-order valence-electron chi connectivity index (χ3n) is 2.87. The van der Waals surface area contributed by atoms with Crippen LogP contribution in [0.2, 0.25) is 10.0 Å². The lowest BCUT2D eigenvalue weighted by molar-refractivity contribution is -0.114. The number of halogens is 2. The summed E-state index contributed by atoms with van der Waals surface area (Å²) in [6.45, 7) is 1.32. The maximum absolute atomic E-state index is 12.2. The normalized spacial score (nSPS) is 10.1. The fraction of sp³-hybridized carbons (Fsp3) is 0.125. The molecule has 0 bridgehead atoms. The smallest absolute Gasteiger partial charge is 0.340 e. The van der Waals surface area contributed by atoms with Crippen LogP contribution < -0.4 is 5.32 Å². The molecule has 0 unspecified atom stereocenters. The van der Waals surface area contributed by atoms with Crippen LogP contribution in [0.1, 0.15) is 22.8 Å². The van der Waals surface area contributed by atoms with Gasteiger partial charge in [-0.15, -0.1) is 0 Å². The zero-order valence-corrected chi connectivity index (χ0v) is 13.2. The Morgan fingerprint density at radius 3 is 2.32 bits per heavy atom. The molecule has 1 N–H and O–H groups in total. The molecule has 2 aromatic rings. The molecule has 4 nitrogen and oxygen atoms in total. The molecule has 0 fully saturated rings. The second kappa shape index (κ2) is 7.29. The second-order valence-corrected chi connectivity index (χ2v) is 5.32. The number of benzene rings is 2. The van der Waals surface area contributed by atoms with E-state index in [0.717, 1.165) is 0 Å². The van der Waals surface area contributed by atoms with Gasteiger partial charge in [-0.1, -0.05) is 41.4 Å². The Morgan fingerprint density at radius 1 is 1.05 bits per heavy atom. The molecular formula is C16H13Cl2NO3. The van der Waals surface area contributed by atoms with Gasteiger partial charge < -0.3 is 10.1 Å². The minimum atomic E-state index is -0.569. The molecule has 22 heavy (non-hydrogen) atoms. The van der Waals surface area contributed by atoms with E-state index in [-0.39, 0.29) is 18.1 Å². The number of rotatable bonds is 4. The monoisotopic (exact) mass is 337 g/mol. The van der Waals surface area contributed by atoms with Crippen LogP contribution in [0.4, 0.5) is 5.69 Å². The van der Waals surface area contributed by atoms with Crippen molar-refractivity contribution >= 4 is 40.8 Å². The van der Waals surface area contributed by atoms with Crippen LogP contribution in [0.25, 0.3) is 0 Å². The average Bonchev–Trinajstić information content (AvgIpc) is 2.46. The van der Waals surface area contributed by atoms with E-state index in [2.05, 4.69) is 5.32 Å². The minimum absolute atomic E-state index is 0.0499. The van der Waals surface area contributed by atoms with E-state index in [0.29, 0.717) is 21.3 Å². The molecule has 2 rings (SSSR count). The van der Waals surface area contributed by atoms with Crippen molar-refractivity contribution in [2.75, 3.05) is 5.32 Å². The minimum Gasteiger partial charge on any atom is -0.457 e. The molecule has 2 aromatic carbocycles. The Labute approximate surface area is 138 Å². The molecule has 114 valence electrons. The summed E-state index contributed by atoms with van der Waals surface area (Å²) >= 11 is 12.1. The summed E-state index contributed by atoms with van der Waals surface area (Å²) in [5, 5.41) is 3.44. The van der Waals surface area contributed by atoms with E-state index < -0.39 is 5.97 Å². The number of ether oxygens (including phenoxy) is 1. The van der Waals surface area contributed by atoms with E-state index in [1.54, 1.807) is 42.5 Å². The fourth-order valence-corrected chi connectivity index (χ4v) is 2.35. The number of hydrogen-bond acceptors (Lipinski definition) is 3. The lowest BCUT2D eigenvalue weighted by Gasteiger charge is -2.11. The van der Waals surface area contributed by atoms with Gasteiger partial charge in [0.25, 0.3) is 0 Å². The molecule has 0 aliphatic heterocycles. The molecule has 0 spiro atoms. The molecule has 0 saturated heterocycles. The van der Waals surface area contributed by atoms with E-state index in [9.17, 15) is 9.59 Å². The predicted molar refractivity (Wildman–Crippen MR) is 86.3 cm³/mol. The maximum atomic E-state index is 12.2. The van der Waals surface area contributed by atoms with Crippen molar-refractivity contribution in [2.24, 2.45) is 0 Å². The number of hydrogen-bond donors (Lipinski definition) is 1. The summed E-state index contributed by atoms with van der Waals surface area (Å²) < 4.78 is 5.24. The van der Waals surface area contributed by atoms with Gasteiger partial charge in [-0.05, 0) is 24.3 Å². The van der Waals surface area contributed by atoms with Crippen LogP contribution in [0.3, 0.4) is 0 Å². The van der Waals surface area contributed by atoms with Crippen LogP contribution in [-0.2, 0) is 16.1 Å². The molecule has 0 aliphatic carbocycles. The van der Waals surface area contributed by atoms with Gasteiger partial charge >= 0.3 is 5.97 Å². The lowest BCUT2D eigenvalue weighted by Crippen LogP contribution is -2.13. The van der Waals surface area contributed by atoms with Crippen LogP contribution in [-0.4, -0.2) is 11.9 Å². The summed E-state index contributed by atoms with van der Waals surface area (Å²) in [4.78, 5) is 23.3. The SMILES string of the molecule is CC(=O)Nc1ccccc1C(=O)OCc1c(Cl)cccc1Cl. The van der Waals surface area contributed by atoms with Gasteiger partial charge in [0.2, 0.25) is 5.91 Å². The maximum Gasteiger partial charge on any atom is 0.340 e. The highest BCUT2D eigenvalue weighted by Gasteiger charge is 2.15. The standard InChI is InChI=1S/C16H13Cl2NO3/c1-10(20)19-15-8-3-2-5-11(15)16(21)22-9-12-13(17)6-4-7-14(12)18/h2-8H,9H2,1H3,(H,19,20). The van der Waals surface area contributed by atoms with E-state index in [4.69, 9.17) is 27.9 Å². The highest BCUT2D eigenvalue weighted by atomic mass is 35.5. The van der Waals surface area contributed by atoms with Crippen molar-refractivity contribution in [1.82, 2.24) is 0 Å². The molecule has 0 aliphatic rings. The lowest BCUT2D eigenvalue weighted by atomic mass is 10.1. The van der Waals surface area contributed by atoms with Gasteiger partial charge in [0.05, 0.1) is 11.3 Å². The van der Waals surface area contributed by atoms with Crippen molar-refractivity contribution < 1.29 is 14.3 Å². The second-order valence-electron chi connectivity index (χ2n) is 4.50. The van der Waals surface area contributed by atoms with Crippen LogP contribution in [0, 0.1) is 0 Å². The fourth-order valence-electron chi connectivity index (χ4n) is 1.85. The number of carbonyl (C=O) groups excluding carboxylic acids is 2. The van der Waals surface area contributed by atoms with Crippen molar-refractivity contribution in [3.05, 3.63) is 63.6 Å². The van der Waals surface area contributed by atoms with E-state index in [1.165, 1.54) is 6.92 Å². The van der Waals surface area contributed by atoms with Gasteiger partial charge in [-0.3, -0.25) is 4.79 Å². The summed E-state index contributed by atoms with van der Waals surface area (Å²) in [6.07, 6.45) is 0. The largest absolute Gasteiger partial charge is 0.457 e. The number of esters is 1. The van der Waals surface area contributed by atoms with E-state index in [1.807, 2.05) is 0 Å². The average molecular weight is 338 g/mol. The van der Waals surface area contributed by atoms with Crippen LogP contribution >= 0.6 is 23.2 Å². The Hall–Kier alpha value is -2.04. The molecule has 0 heterocycles. The highest BCUT2D eigenvalue weighted by Crippen LogP contribution is 2.25. The van der Waals surface area contributed by atoms with Gasteiger partial charge in [0.15, 0.2) is 0 Å². The number of nitrogens with one attached hydrogen (secondary N) is 1. The topological polar surface area (TPSA) is 55.4 Å². The number of amides is 1. The Kier molecular flexibility index (Phi) is 5.41. The molecule has 0 atom stereocenters. The van der Waals surface area contributed by atoms with Gasteiger partial charge in [0, 0.05) is 22.5 Å². The first-order valence-electron chi connectivity index (χ1n) is 6.45. The molecule has 0 aromatic heterocycles. The zero-order valence-electron chi connectivity index (χ0n) is 11.7. The van der Waals surface area contributed by atoms with Crippen LogP contribution in [0.15, 0.2) is 42.5 Å². The quantitative estimate of drug-likeness (QED) is 0.845. The first-order valence-corrected chi connectivity index (χ1v) is 7.21. The highest BCUT2D eigenvalue weighted by molar-refractivity contribution is 6.35. The molecule has 0 saturated carbocycles. The molecule has 1 amide bonds. The summed E-state index contributed by atoms with van der Waals surface area (Å²) in [6, 6.07) is 11.6. The number of anilines is 1. The van der Waals surface area contributed by atoms with Crippen molar-refractivity contribution in [2.45, 2.75) is 13.5 Å². The third-order valence-corrected chi connectivity index (χ3v) is 3.58. The van der Waals surface area contributed by atoms with Crippen LogP contribution in [0.5, 0.6) is 0 Å². The van der Waals surface area contributed by atoms with Gasteiger partial charge in [-0.2, -0.15) is 0 Å². The molecule has 6 heteroatoms. The number of para-hydroxylation sites is 1. The third kappa shape index (κ3) is 4.00. The summed E-state index contributed by atoms with van der Waals surface area (Å²) in [5.74, 6) is -0.838. The summed E-state index contributed by atoms with van der Waals surface area (Å²) in [7, 11) is 0. The van der Waals surface area contributed by atoms with E-state index >= 15 is 0 Å². The van der Waals surface area contributed by atoms with Crippen molar-refractivity contribution in [3.63, 3.8) is 0 Å². The van der Waals surface area contributed by atoms with Crippen molar-refractivity contribution in [1.29, 1.82) is 0 Å². The first kappa shape index (κ1) is 16.3. The summed E-state index contributed by atoms with van der Waals surface area (Å²) in [5.41, 5.74) is 1.20. The zero-order chi connectivity index (χ0) is 16.1. The Bertz CT molecular complexity index is 696. The molecular weight excluding hydrogens is 325 g/mol. The predicted octanol–water partition coefficient (Wildman–Crippen LogP) is 4.31. The first-order chi connectivity index (χ1) is 10.5. The Balaban J connectivity index is 2.15. The van der Waals surface area contributed by atoms with Gasteiger partial charge in [-0.25, -0.2) is 4.79 Å². The van der Waals surface area contributed by atoms with Crippen molar-refractivity contribution in [3.8, 4) is 0 Å². The van der Waals surface area contributed by atoms with Gasteiger partial charge in [0.1, 0.15) is 6.61 Å². The molecule has 0 radical (unpaired) electrons. The number of carbonyl (C=O) groups is 2. The Morgan fingerprint density at radius 2 is 1.68 bits per heavy atom.